The number of nitrogens with one attached hydrogen (secondary N) is 1. The molecule has 1 N–H and O–H groups in total. The van der Waals surface area contributed by atoms with Gasteiger partial charge in [-0.15, -0.1) is 0 Å². The predicted octanol–water partition coefficient (Wildman–Crippen LogP) is 3.60. The van der Waals surface area contributed by atoms with Crippen LogP contribution in [0.1, 0.15) is 48.1 Å². The number of carbonyl (C=O) groups excluding carboxylic acids is 1. The van der Waals surface area contributed by atoms with Gasteiger partial charge in [-0.3, -0.25) is 9.69 Å². The highest BCUT2D eigenvalue weighted by atomic mass is 16.7. The van der Waals surface area contributed by atoms with Crippen LogP contribution in [0, 0.1) is 0 Å². The van der Waals surface area contributed by atoms with Crippen molar-refractivity contribution in [2.75, 3.05) is 20.4 Å². The SMILES string of the molecule is C[C@H](NC(=O)CN(C)Cc1ccc2c(c1)OCO2)c1ccc2c(c1)CCCC2. The number of hydrogen-bond donors (Lipinski definition) is 1. The summed E-state index contributed by atoms with van der Waals surface area (Å²) in [4.78, 5) is 14.5. The fourth-order valence-electron chi connectivity index (χ4n) is 4.05. The Morgan fingerprint density at radius 3 is 2.71 bits per heavy atom. The summed E-state index contributed by atoms with van der Waals surface area (Å²) in [5.74, 6) is 1.59. The van der Waals surface area contributed by atoms with Gasteiger partial charge in [0.1, 0.15) is 0 Å². The zero-order chi connectivity index (χ0) is 19.5. The third kappa shape index (κ3) is 4.30. The zero-order valence-electron chi connectivity index (χ0n) is 16.7. The maximum Gasteiger partial charge on any atom is 0.234 e. The largest absolute Gasteiger partial charge is 0.454 e. The van der Waals surface area contributed by atoms with Gasteiger partial charge in [-0.05, 0) is 74.0 Å². The smallest absolute Gasteiger partial charge is 0.234 e. The van der Waals surface area contributed by atoms with E-state index in [0.29, 0.717) is 13.1 Å². The van der Waals surface area contributed by atoms with E-state index in [1.807, 2.05) is 30.1 Å². The van der Waals surface area contributed by atoms with Crippen molar-refractivity contribution in [1.29, 1.82) is 0 Å². The number of aryl methyl sites for hydroxylation is 2. The lowest BCUT2D eigenvalue weighted by Crippen LogP contribution is -2.36. The first kappa shape index (κ1) is 18.8. The molecule has 2 aromatic rings. The van der Waals surface area contributed by atoms with Gasteiger partial charge >= 0.3 is 0 Å². The van der Waals surface area contributed by atoms with Gasteiger partial charge in [0.25, 0.3) is 0 Å². The number of amides is 1. The molecule has 5 heteroatoms. The van der Waals surface area contributed by atoms with Crippen molar-refractivity contribution in [3.63, 3.8) is 0 Å². The molecule has 148 valence electrons. The molecule has 1 atom stereocenters. The van der Waals surface area contributed by atoms with Gasteiger partial charge in [-0.25, -0.2) is 0 Å². The van der Waals surface area contributed by atoms with Crippen molar-refractivity contribution in [2.45, 2.75) is 45.2 Å². The van der Waals surface area contributed by atoms with Gasteiger partial charge in [-0.2, -0.15) is 0 Å². The van der Waals surface area contributed by atoms with E-state index in [1.165, 1.54) is 36.0 Å². The van der Waals surface area contributed by atoms with Crippen molar-refractivity contribution in [3.05, 3.63) is 58.7 Å². The predicted molar refractivity (Wildman–Crippen MR) is 109 cm³/mol. The fourth-order valence-corrected chi connectivity index (χ4v) is 4.05. The molecule has 2 aromatic carbocycles. The Morgan fingerprint density at radius 2 is 1.86 bits per heavy atom. The van der Waals surface area contributed by atoms with Crippen molar-refractivity contribution >= 4 is 5.91 Å². The van der Waals surface area contributed by atoms with Gasteiger partial charge in [0.15, 0.2) is 11.5 Å². The van der Waals surface area contributed by atoms with Crippen LogP contribution in [-0.2, 0) is 24.2 Å². The van der Waals surface area contributed by atoms with Crippen LogP contribution in [0.25, 0.3) is 0 Å². The van der Waals surface area contributed by atoms with Crippen molar-refractivity contribution in [1.82, 2.24) is 10.2 Å². The summed E-state index contributed by atoms with van der Waals surface area (Å²) in [7, 11) is 1.95. The molecule has 1 aliphatic heterocycles. The summed E-state index contributed by atoms with van der Waals surface area (Å²) in [6, 6.07) is 12.6. The van der Waals surface area contributed by atoms with E-state index in [1.54, 1.807) is 0 Å². The second-order valence-electron chi connectivity index (χ2n) is 7.88. The number of carbonyl (C=O) groups is 1. The highest BCUT2D eigenvalue weighted by Gasteiger charge is 2.17. The van der Waals surface area contributed by atoms with Gasteiger partial charge in [-0.1, -0.05) is 24.3 Å². The van der Waals surface area contributed by atoms with E-state index >= 15 is 0 Å². The first-order chi connectivity index (χ1) is 13.6. The number of nitrogens with zero attached hydrogens (tertiary/aromatic N) is 1. The summed E-state index contributed by atoms with van der Waals surface area (Å²) in [5.41, 5.74) is 5.21. The number of rotatable bonds is 6. The van der Waals surface area contributed by atoms with Gasteiger partial charge < -0.3 is 14.8 Å². The number of ether oxygens (including phenoxy) is 2. The highest BCUT2D eigenvalue weighted by molar-refractivity contribution is 5.78. The van der Waals surface area contributed by atoms with Gasteiger partial charge in [0, 0.05) is 6.54 Å². The van der Waals surface area contributed by atoms with Gasteiger partial charge in [0.05, 0.1) is 12.6 Å². The summed E-state index contributed by atoms with van der Waals surface area (Å²) in [6.07, 6.45) is 4.89. The third-order valence-electron chi connectivity index (χ3n) is 5.55. The van der Waals surface area contributed by atoms with E-state index in [-0.39, 0.29) is 18.7 Å². The molecule has 28 heavy (non-hydrogen) atoms. The molecule has 5 nitrogen and oxygen atoms in total. The van der Waals surface area contributed by atoms with Gasteiger partial charge in [0.2, 0.25) is 12.7 Å². The van der Waals surface area contributed by atoms with Crippen molar-refractivity contribution < 1.29 is 14.3 Å². The third-order valence-corrected chi connectivity index (χ3v) is 5.55. The fraction of sp³-hybridized carbons (Fsp3) is 0.435. The average Bonchev–Trinajstić information content (AvgIpc) is 3.15. The van der Waals surface area contributed by atoms with Crippen LogP contribution in [0.4, 0.5) is 0 Å². The van der Waals surface area contributed by atoms with Crippen LogP contribution in [0.2, 0.25) is 0 Å². The molecule has 1 amide bonds. The molecule has 0 aromatic heterocycles. The Morgan fingerprint density at radius 1 is 1.07 bits per heavy atom. The number of fused-ring (bicyclic) bond motifs is 2. The molecule has 1 aliphatic carbocycles. The van der Waals surface area contributed by atoms with Crippen molar-refractivity contribution in [3.8, 4) is 11.5 Å². The van der Waals surface area contributed by atoms with E-state index < -0.39 is 0 Å². The number of likely N-dealkylation sites (N-methyl/N-ethyl adjacent to an activating group) is 1. The molecule has 1 heterocycles. The molecule has 0 saturated heterocycles. The Labute approximate surface area is 166 Å². The first-order valence-electron chi connectivity index (χ1n) is 10.1. The molecule has 0 spiro atoms. The normalized spacial score (nSPS) is 16.0. The Hall–Kier alpha value is -2.53. The number of benzene rings is 2. The van der Waals surface area contributed by atoms with Crippen LogP contribution in [-0.4, -0.2) is 31.2 Å². The minimum absolute atomic E-state index is 0.0127. The topological polar surface area (TPSA) is 50.8 Å². The zero-order valence-corrected chi connectivity index (χ0v) is 16.7. The van der Waals surface area contributed by atoms with Crippen LogP contribution >= 0.6 is 0 Å². The van der Waals surface area contributed by atoms with E-state index in [4.69, 9.17) is 9.47 Å². The van der Waals surface area contributed by atoms with E-state index in [0.717, 1.165) is 23.5 Å². The van der Waals surface area contributed by atoms with Crippen LogP contribution in [0.15, 0.2) is 36.4 Å². The summed E-state index contributed by atoms with van der Waals surface area (Å²) < 4.78 is 10.8. The van der Waals surface area contributed by atoms with E-state index in [9.17, 15) is 4.79 Å². The molecule has 0 unspecified atom stereocenters. The molecule has 2 aliphatic rings. The molecular formula is C23H28N2O3. The summed E-state index contributed by atoms with van der Waals surface area (Å²) >= 11 is 0. The monoisotopic (exact) mass is 380 g/mol. The minimum Gasteiger partial charge on any atom is -0.454 e. The number of hydrogen-bond acceptors (Lipinski definition) is 4. The lowest BCUT2D eigenvalue weighted by Gasteiger charge is -2.21. The van der Waals surface area contributed by atoms with Crippen molar-refractivity contribution in [2.24, 2.45) is 0 Å². The maximum atomic E-state index is 12.5. The molecular weight excluding hydrogens is 352 g/mol. The second-order valence-corrected chi connectivity index (χ2v) is 7.88. The Balaban J connectivity index is 1.31. The summed E-state index contributed by atoms with van der Waals surface area (Å²) in [6.45, 7) is 3.36. The lowest BCUT2D eigenvalue weighted by molar-refractivity contribution is -0.122. The van der Waals surface area contributed by atoms with Crippen LogP contribution in [0.3, 0.4) is 0 Å². The molecule has 0 bridgehead atoms. The quantitative estimate of drug-likeness (QED) is 0.832. The molecule has 0 saturated carbocycles. The average molecular weight is 380 g/mol. The van der Waals surface area contributed by atoms with Crippen LogP contribution < -0.4 is 14.8 Å². The minimum atomic E-state index is 0.0127. The first-order valence-corrected chi connectivity index (χ1v) is 10.1. The highest BCUT2D eigenvalue weighted by Crippen LogP contribution is 2.32. The summed E-state index contributed by atoms with van der Waals surface area (Å²) in [5, 5.41) is 3.14. The van der Waals surface area contributed by atoms with E-state index in [2.05, 4.69) is 30.4 Å². The lowest BCUT2D eigenvalue weighted by atomic mass is 9.89. The molecule has 0 radical (unpaired) electrons. The second kappa shape index (κ2) is 8.23. The standard InChI is InChI=1S/C23H28N2O3/c1-16(19-9-8-18-5-3-4-6-20(18)12-19)24-23(26)14-25(2)13-17-7-10-21-22(11-17)28-15-27-21/h7-12,16H,3-6,13-15H2,1-2H3,(H,24,26)/t16-/m0/s1. The Kier molecular flexibility index (Phi) is 5.53. The maximum absolute atomic E-state index is 12.5. The molecule has 0 fully saturated rings. The Bertz CT molecular complexity index is 865. The van der Waals surface area contributed by atoms with Crippen LogP contribution in [0.5, 0.6) is 11.5 Å². The molecule has 4 rings (SSSR count).